The van der Waals surface area contributed by atoms with Gasteiger partial charge >= 0.3 is 0 Å². The van der Waals surface area contributed by atoms with E-state index in [-0.39, 0.29) is 5.11 Å². The molecule has 2 N–H and O–H groups in total. The van der Waals surface area contributed by atoms with Gasteiger partial charge in [-0.05, 0) is 54.7 Å². The number of nitrogens with zero attached hydrogens (tertiary/aromatic N) is 4. The molecular weight excluding hydrogens is 527 g/mol. The first kappa shape index (κ1) is 23.2. The number of carbonyl (C=O) groups is 1. The van der Waals surface area contributed by atoms with Crippen molar-refractivity contribution in [2.75, 3.05) is 5.32 Å². The number of hydrogen-bond donors (Lipinski definition) is 2. The molecule has 2 aromatic carbocycles. The second-order valence-corrected chi connectivity index (χ2v) is 9.28. The summed E-state index contributed by atoms with van der Waals surface area (Å²) in [6, 6.07) is 16.3. The van der Waals surface area contributed by atoms with Crippen molar-refractivity contribution in [1.29, 1.82) is 0 Å². The van der Waals surface area contributed by atoms with Gasteiger partial charge in [-0.25, -0.2) is 0 Å². The minimum absolute atomic E-state index is 0.154. The van der Waals surface area contributed by atoms with Gasteiger partial charge in [-0.2, -0.15) is 9.61 Å². The maximum absolute atomic E-state index is 12.3. The molecule has 0 saturated carbocycles. The molecule has 3 aromatic heterocycles. The van der Waals surface area contributed by atoms with Crippen molar-refractivity contribution < 1.29 is 9.21 Å². The van der Waals surface area contributed by atoms with Crippen LogP contribution in [-0.2, 0) is 4.79 Å². The highest BCUT2D eigenvalue weighted by Crippen LogP contribution is 2.34. The van der Waals surface area contributed by atoms with Gasteiger partial charge in [0.25, 0.3) is 0 Å². The molecule has 3 heterocycles. The van der Waals surface area contributed by atoms with E-state index in [0.29, 0.717) is 37.8 Å². The van der Waals surface area contributed by atoms with Gasteiger partial charge < -0.3 is 9.73 Å². The lowest BCUT2D eigenvalue weighted by atomic mass is 10.2. The number of benzene rings is 2. The quantitative estimate of drug-likeness (QED) is 0.210. The lowest BCUT2D eigenvalue weighted by Crippen LogP contribution is -2.32. The second kappa shape index (κ2) is 9.96. The molecule has 0 fully saturated rings. The number of furan rings is 1. The van der Waals surface area contributed by atoms with E-state index in [0.717, 1.165) is 10.6 Å². The Kier molecular flexibility index (Phi) is 6.60. The number of aromatic nitrogens is 4. The Labute approximate surface area is 218 Å². The van der Waals surface area contributed by atoms with Gasteiger partial charge in [0.05, 0.1) is 10.0 Å². The molecule has 1 amide bonds. The number of fused-ring (bicyclic) bond motifs is 1. The first-order valence-corrected chi connectivity index (χ1v) is 12.1. The maximum Gasteiger partial charge on any atom is 0.250 e. The molecular formula is C23H14Cl2N6O2S2. The number of halogens is 2. The third-order valence-corrected chi connectivity index (χ3v) is 6.72. The van der Waals surface area contributed by atoms with E-state index >= 15 is 0 Å². The fourth-order valence-electron chi connectivity index (χ4n) is 3.16. The lowest BCUT2D eigenvalue weighted by molar-refractivity contribution is -0.115. The van der Waals surface area contributed by atoms with Crippen molar-refractivity contribution in [2.24, 2.45) is 0 Å². The van der Waals surface area contributed by atoms with Crippen LogP contribution >= 0.6 is 46.8 Å². The zero-order valence-electron chi connectivity index (χ0n) is 17.6. The Balaban J connectivity index is 1.20. The van der Waals surface area contributed by atoms with E-state index in [1.54, 1.807) is 41.2 Å². The molecule has 0 aliphatic rings. The Morgan fingerprint density at radius 2 is 2.00 bits per heavy atom. The molecule has 0 saturated heterocycles. The SMILES string of the molecule is O=C(C=Cc1ccc(-c2cccc(Cl)c2Cl)o1)NC(=S)Nc1cccc(-c2nn3cnnc3s2)c1. The smallest absolute Gasteiger partial charge is 0.250 e. The molecule has 12 heteroatoms. The van der Waals surface area contributed by atoms with E-state index in [2.05, 4.69) is 25.9 Å². The topological polar surface area (TPSA) is 97.3 Å². The predicted molar refractivity (Wildman–Crippen MR) is 142 cm³/mol. The summed E-state index contributed by atoms with van der Waals surface area (Å²) >= 11 is 19.0. The van der Waals surface area contributed by atoms with E-state index in [9.17, 15) is 4.79 Å². The monoisotopic (exact) mass is 540 g/mol. The van der Waals surface area contributed by atoms with Crippen LogP contribution in [0.2, 0.25) is 10.0 Å². The fourth-order valence-corrected chi connectivity index (χ4v) is 4.59. The lowest BCUT2D eigenvalue weighted by Gasteiger charge is -2.09. The summed E-state index contributed by atoms with van der Waals surface area (Å²) in [7, 11) is 0. The first-order chi connectivity index (χ1) is 17.0. The number of thiocarbonyl (C=S) groups is 1. The van der Waals surface area contributed by atoms with Crippen molar-refractivity contribution >= 4 is 74.5 Å². The van der Waals surface area contributed by atoms with Gasteiger partial charge in [0.1, 0.15) is 22.9 Å². The van der Waals surface area contributed by atoms with Crippen molar-refractivity contribution in [3.8, 4) is 21.9 Å². The van der Waals surface area contributed by atoms with Crippen molar-refractivity contribution in [1.82, 2.24) is 25.1 Å². The van der Waals surface area contributed by atoms with E-state index in [1.165, 1.54) is 23.5 Å². The van der Waals surface area contributed by atoms with Crippen molar-refractivity contribution in [3.63, 3.8) is 0 Å². The molecule has 0 aliphatic carbocycles. The fraction of sp³-hybridized carbons (Fsp3) is 0. The Bertz CT molecular complexity index is 1560. The molecule has 5 rings (SSSR count). The number of nitrogens with one attached hydrogen (secondary N) is 2. The number of carbonyl (C=O) groups excluding carboxylic acids is 1. The van der Waals surface area contributed by atoms with E-state index in [4.69, 9.17) is 39.8 Å². The summed E-state index contributed by atoms with van der Waals surface area (Å²) in [6.45, 7) is 0. The number of amides is 1. The molecule has 8 nitrogen and oxygen atoms in total. The number of rotatable bonds is 5. The number of anilines is 1. The van der Waals surface area contributed by atoms with Gasteiger partial charge in [0.2, 0.25) is 10.9 Å². The van der Waals surface area contributed by atoms with Crippen LogP contribution in [0.1, 0.15) is 5.76 Å². The molecule has 5 aromatic rings. The predicted octanol–water partition coefficient (Wildman–Crippen LogP) is 5.95. The molecule has 0 atom stereocenters. The van der Waals surface area contributed by atoms with Crippen LogP contribution in [0.5, 0.6) is 0 Å². The molecule has 35 heavy (non-hydrogen) atoms. The minimum Gasteiger partial charge on any atom is -0.457 e. The zero-order chi connectivity index (χ0) is 24.4. The number of hydrogen-bond acceptors (Lipinski definition) is 7. The van der Waals surface area contributed by atoms with Crippen molar-refractivity contribution in [3.05, 3.63) is 82.8 Å². The molecule has 0 radical (unpaired) electrons. The van der Waals surface area contributed by atoms with Gasteiger partial charge in [0.15, 0.2) is 5.11 Å². The van der Waals surface area contributed by atoms with E-state index < -0.39 is 5.91 Å². The average molecular weight is 541 g/mol. The third kappa shape index (κ3) is 5.25. The highest BCUT2D eigenvalue weighted by atomic mass is 35.5. The Morgan fingerprint density at radius 1 is 1.14 bits per heavy atom. The van der Waals surface area contributed by atoms with Crippen molar-refractivity contribution in [2.45, 2.75) is 0 Å². The normalized spacial score (nSPS) is 11.3. The molecule has 0 bridgehead atoms. The van der Waals surface area contributed by atoms with Gasteiger partial charge in [-0.1, -0.05) is 52.7 Å². The van der Waals surface area contributed by atoms with Gasteiger partial charge in [-0.15, -0.1) is 10.2 Å². The zero-order valence-corrected chi connectivity index (χ0v) is 20.8. The van der Waals surface area contributed by atoms with Crippen LogP contribution in [0, 0.1) is 0 Å². The summed E-state index contributed by atoms with van der Waals surface area (Å²) in [6.07, 6.45) is 4.41. The maximum atomic E-state index is 12.3. The minimum atomic E-state index is -0.411. The largest absolute Gasteiger partial charge is 0.457 e. The molecule has 174 valence electrons. The summed E-state index contributed by atoms with van der Waals surface area (Å²) in [4.78, 5) is 13.0. The Morgan fingerprint density at radius 3 is 2.86 bits per heavy atom. The summed E-state index contributed by atoms with van der Waals surface area (Å²) < 4.78 is 7.37. The molecule has 0 unspecified atom stereocenters. The van der Waals surface area contributed by atoms with E-state index in [1.807, 2.05) is 24.3 Å². The summed E-state index contributed by atoms with van der Waals surface area (Å²) in [5.74, 6) is 0.605. The van der Waals surface area contributed by atoms with Crippen LogP contribution in [-0.4, -0.2) is 30.8 Å². The Hall–Kier alpha value is -3.57. The average Bonchev–Trinajstić information content (AvgIpc) is 3.56. The third-order valence-electron chi connectivity index (χ3n) is 4.73. The van der Waals surface area contributed by atoms with Crippen LogP contribution < -0.4 is 10.6 Å². The van der Waals surface area contributed by atoms with Gasteiger partial charge in [-0.3, -0.25) is 10.1 Å². The highest BCUT2D eigenvalue weighted by Gasteiger charge is 2.11. The molecule has 0 spiro atoms. The van der Waals surface area contributed by atoms with Crippen LogP contribution in [0.15, 0.2) is 71.4 Å². The van der Waals surface area contributed by atoms with Gasteiger partial charge in [0, 0.05) is 22.9 Å². The highest BCUT2D eigenvalue weighted by molar-refractivity contribution is 7.80. The summed E-state index contributed by atoms with van der Waals surface area (Å²) in [5.41, 5.74) is 2.25. The first-order valence-electron chi connectivity index (χ1n) is 10.1. The van der Waals surface area contributed by atoms with Crippen LogP contribution in [0.25, 0.3) is 32.9 Å². The second-order valence-electron chi connectivity index (χ2n) is 7.13. The van der Waals surface area contributed by atoms with Crippen LogP contribution in [0.3, 0.4) is 0 Å². The summed E-state index contributed by atoms with van der Waals surface area (Å²) in [5, 5.41) is 19.6. The van der Waals surface area contributed by atoms with Crippen LogP contribution in [0.4, 0.5) is 5.69 Å². The molecule has 0 aliphatic heterocycles. The standard InChI is InChI=1S/C23H14Cl2N6O2S2/c24-17-6-2-5-16(20(17)25)18-9-7-15(33-18)8-10-19(32)28-22(34)27-14-4-1-3-13(11-14)21-30-31-12-26-29-23(31)35-21/h1-12H,(H2,27,28,32,34).